The number of nitrogens with zero attached hydrogens (tertiary/aromatic N) is 7. The molecule has 0 spiro atoms. The number of fused-ring (bicyclic) bond motifs is 2. The number of imidazole rings is 1. The van der Waals surface area contributed by atoms with Gasteiger partial charge in [0, 0.05) is 31.9 Å². The Bertz CT molecular complexity index is 1340. The van der Waals surface area contributed by atoms with E-state index in [0.717, 1.165) is 11.4 Å². The third-order valence-corrected chi connectivity index (χ3v) is 5.23. The van der Waals surface area contributed by atoms with E-state index in [-0.39, 0.29) is 11.5 Å². The topological polar surface area (TPSA) is 108 Å². The van der Waals surface area contributed by atoms with Crippen molar-refractivity contribution in [2.24, 2.45) is 7.05 Å². The zero-order chi connectivity index (χ0) is 20.1. The van der Waals surface area contributed by atoms with E-state index in [1.807, 2.05) is 4.90 Å². The highest BCUT2D eigenvalue weighted by Gasteiger charge is 2.34. The number of rotatable bonds is 2. The molecule has 1 aliphatic rings. The van der Waals surface area contributed by atoms with Crippen molar-refractivity contribution >= 4 is 11.3 Å². The molecular weight excluding hydrogens is 375 g/mol. The fraction of sp³-hybridized carbons (Fsp3) is 0.211. The number of hydrogen-bond donors (Lipinski definition) is 1. The molecule has 144 valence electrons. The first-order valence-corrected chi connectivity index (χ1v) is 8.97. The van der Waals surface area contributed by atoms with Crippen LogP contribution in [0.4, 0.5) is 10.2 Å². The average Bonchev–Trinajstić information content (AvgIpc) is 3.37. The van der Waals surface area contributed by atoms with E-state index < -0.39 is 11.6 Å². The third kappa shape index (κ3) is 2.51. The van der Waals surface area contributed by atoms with Crippen LogP contribution < -0.4 is 10.5 Å². The van der Waals surface area contributed by atoms with Crippen molar-refractivity contribution in [3.63, 3.8) is 0 Å². The van der Waals surface area contributed by atoms with Crippen molar-refractivity contribution in [1.29, 1.82) is 5.26 Å². The summed E-state index contributed by atoms with van der Waals surface area (Å²) in [7, 11) is 1.60. The van der Waals surface area contributed by atoms with Crippen molar-refractivity contribution in [1.82, 2.24) is 29.1 Å². The second kappa shape index (κ2) is 6.27. The van der Waals surface area contributed by atoms with Gasteiger partial charge in [-0.2, -0.15) is 10.4 Å². The molecule has 5 rings (SSSR count). The quantitative estimate of drug-likeness (QED) is 0.553. The summed E-state index contributed by atoms with van der Waals surface area (Å²) in [6, 6.07) is 6.03. The first kappa shape index (κ1) is 17.1. The minimum atomic E-state index is -0.474. The van der Waals surface area contributed by atoms with Gasteiger partial charge in [-0.3, -0.25) is 9.36 Å². The highest BCUT2D eigenvalue weighted by Crippen LogP contribution is 2.36. The molecule has 4 aromatic rings. The monoisotopic (exact) mass is 390 g/mol. The molecule has 9 nitrogen and oxygen atoms in total. The van der Waals surface area contributed by atoms with Gasteiger partial charge in [-0.15, -0.1) is 0 Å². The molecule has 10 heteroatoms. The van der Waals surface area contributed by atoms with Gasteiger partial charge in [-0.05, 0) is 18.2 Å². The van der Waals surface area contributed by atoms with Gasteiger partial charge < -0.3 is 9.88 Å². The maximum atomic E-state index is 14.2. The van der Waals surface area contributed by atoms with Gasteiger partial charge in [-0.25, -0.2) is 18.9 Å². The lowest BCUT2D eigenvalue weighted by molar-refractivity contribution is 0.592. The minimum Gasteiger partial charge on any atom is -0.348 e. The predicted octanol–water partition coefficient (Wildman–Crippen LogP) is 1.31. The van der Waals surface area contributed by atoms with E-state index in [2.05, 4.69) is 20.1 Å². The summed E-state index contributed by atoms with van der Waals surface area (Å²) in [6.07, 6.45) is 5.48. The fourth-order valence-electron chi connectivity index (χ4n) is 3.83. The van der Waals surface area contributed by atoms with Crippen LogP contribution in [-0.4, -0.2) is 35.7 Å². The van der Waals surface area contributed by atoms with E-state index in [0.29, 0.717) is 30.0 Å². The molecule has 0 amide bonds. The molecule has 5 heterocycles. The van der Waals surface area contributed by atoms with E-state index in [1.165, 1.54) is 21.3 Å². The smallest absolute Gasteiger partial charge is 0.288 e. The number of aromatic nitrogens is 6. The van der Waals surface area contributed by atoms with Crippen LogP contribution in [0.15, 0.2) is 41.7 Å². The zero-order valence-corrected chi connectivity index (χ0v) is 15.4. The van der Waals surface area contributed by atoms with Gasteiger partial charge in [0.1, 0.15) is 29.3 Å². The van der Waals surface area contributed by atoms with Crippen LogP contribution in [0.5, 0.6) is 0 Å². The summed E-state index contributed by atoms with van der Waals surface area (Å²) in [4.78, 5) is 26.0. The largest absolute Gasteiger partial charge is 0.348 e. The first-order valence-electron chi connectivity index (χ1n) is 8.97. The van der Waals surface area contributed by atoms with Gasteiger partial charge >= 0.3 is 0 Å². The Balaban J connectivity index is 1.71. The summed E-state index contributed by atoms with van der Waals surface area (Å²) in [5.74, 6) is 0.161. The Morgan fingerprint density at radius 1 is 1.38 bits per heavy atom. The zero-order valence-electron chi connectivity index (χ0n) is 15.4. The number of halogens is 1. The molecular formula is C19H15FN8O. The predicted molar refractivity (Wildman–Crippen MR) is 101 cm³/mol. The van der Waals surface area contributed by atoms with Crippen molar-refractivity contribution in [2.45, 2.75) is 12.5 Å². The lowest BCUT2D eigenvalue weighted by Gasteiger charge is -2.36. The van der Waals surface area contributed by atoms with Crippen molar-refractivity contribution in [2.75, 3.05) is 11.4 Å². The molecule has 1 N–H and O–H groups in total. The molecule has 0 aliphatic carbocycles. The number of H-pyrrole nitrogens is 1. The molecule has 0 saturated heterocycles. The van der Waals surface area contributed by atoms with Gasteiger partial charge in [0.15, 0.2) is 0 Å². The Morgan fingerprint density at radius 3 is 3.03 bits per heavy atom. The highest BCUT2D eigenvalue weighted by atomic mass is 19.1. The van der Waals surface area contributed by atoms with Gasteiger partial charge in [0.2, 0.25) is 5.69 Å². The number of pyridine rings is 1. The van der Waals surface area contributed by atoms with E-state index in [4.69, 9.17) is 5.26 Å². The van der Waals surface area contributed by atoms with Gasteiger partial charge in [0.25, 0.3) is 5.56 Å². The molecule has 0 fully saturated rings. The number of hydrogen-bond acceptors (Lipinski definition) is 6. The SMILES string of the molecule is Cn1c(N2CCc3[nH]cnc3[C@@H]2c2cc3c(F)cccn3n2)cnc(C#N)c1=O. The summed E-state index contributed by atoms with van der Waals surface area (Å²) in [5.41, 5.74) is 2.04. The Morgan fingerprint density at radius 2 is 2.24 bits per heavy atom. The Hall–Kier alpha value is -4.00. The van der Waals surface area contributed by atoms with Crippen molar-refractivity contribution < 1.29 is 4.39 Å². The number of aromatic amines is 1. The van der Waals surface area contributed by atoms with Crippen molar-refractivity contribution in [3.05, 3.63) is 75.9 Å². The second-order valence-corrected chi connectivity index (χ2v) is 6.81. The van der Waals surface area contributed by atoms with Crippen molar-refractivity contribution in [3.8, 4) is 6.07 Å². The molecule has 0 bridgehead atoms. The summed E-state index contributed by atoms with van der Waals surface area (Å²) in [6.45, 7) is 0.567. The van der Waals surface area contributed by atoms with Crippen LogP contribution in [0.3, 0.4) is 0 Å². The number of anilines is 1. The highest BCUT2D eigenvalue weighted by molar-refractivity contribution is 5.54. The third-order valence-electron chi connectivity index (χ3n) is 5.23. The van der Waals surface area contributed by atoms with E-state index in [1.54, 1.807) is 37.8 Å². The average molecular weight is 390 g/mol. The normalized spacial score (nSPS) is 16.0. The molecule has 0 aromatic carbocycles. The molecule has 29 heavy (non-hydrogen) atoms. The summed E-state index contributed by atoms with van der Waals surface area (Å²) < 4.78 is 17.1. The number of nitrogens with one attached hydrogen (secondary N) is 1. The Labute approximate surface area is 163 Å². The van der Waals surface area contributed by atoms with E-state index >= 15 is 0 Å². The molecule has 0 unspecified atom stereocenters. The van der Waals surface area contributed by atoms with Crippen LogP contribution >= 0.6 is 0 Å². The molecule has 0 radical (unpaired) electrons. The minimum absolute atomic E-state index is 0.167. The van der Waals surface area contributed by atoms with Crippen LogP contribution in [0, 0.1) is 17.1 Å². The molecule has 0 saturated carbocycles. The maximum absolute atomic E-state index is 14.2. The first-order chi connectivity index (χ1) is 14.1. The lowest BCUT2D eigenvalue weighted by atomic mass is 10.00. The maximum Gasteiger partial charge on any atom is 0.288 e. The molecule has 1 atom stereocenters. The summed E-state index contributed by atoms with van der Waals surface area (Å²) >= 11 is 0. The summed E-state index contributed by atoms with van der Waals surface area (Å²) in [5, 5.41) is 13.6. The standard InChI is InChI=1S/C19H15FN8O/c1-26-16(9-22-14(8-21)19(26)29)27-6-4-12-17(24-10-23-12)18(27)13-7-15-11(20)3-2-5-28(15)25-13/h2-3,5,7,9-10,18H,4,6H2,1H3,(H,23,24)/t18-/m0/s1. The van der Waals surface area contributed by atoms with Crippen LogP contribution in [0.25, 0.3) is 5.52 Å². The lowest BCUT2D eigenvalue weighted by Crippen LogP contribution is -2.40. The van der Waals surface area contributed by atoms with Gasteiger partial charge in [0.05, 0.1) is 23.9 Å². The van der Waals surface area contributed by atoms with E-state index in [9.17, 15) is 9.18 Å². The fourth-order valence-corrected chi connectivity index (χ4v) is 3.83. The molecule has 1 aliphatic heterocycles. The van der Waals surface area contributed by atoms with Crippen LogP contribution in [-0.2, 0) is 13.5 Å². The molecule has 4 aromatic heterocycles. The van der Waals surface area contributed by atoms with Gasteiger partial charge in [-0.1, -0.05) is 0 Å². The van der Waals surface area contributed by atoms with Crippen LogP contribution in [0.2, 0.25) is 0 Å². The Kier molecular flexibility index (Phi) is 3.70. The number of nitriles is 1. The second-order valence-electron chi connectivity index (χ2n) is 6.81. The van der Waals surface area contributed by atoms with Crippen LogP contribution in [0.1, 0.15) is 28.8 Å².